The Balaban J connectivity index is 2.72. The highest BCUT2D eigenvalue weighted by Gasteiger charge is 2.21. The maximum absolute atomic E-state index is 11.8. The smallest absolute Gasteiger partial charge is 0.309 e. The SMILES string of the molecule is CC(C)NC(=O)C(=O)NC[C@@H](c1ccc(N(C)C)cc1)[NH+](C)C. The Labute approximate surface area is 138 Å². The lowest BCUT2D eigenvalue weighted by molar-refractivity contribution is -0.890. The van der Waals surface area contributed by atoms with Gasteiger partial charge in [0.2, 0.25) is 0 Å². The van der Waals surface area contributed by atoms with Crippen LogP contribution < -0.4 is 20.4 Å². The number of carbonyl (C=O) groups excluding carboxylic acids is 2. The molecule has 0 aliphatic carbocycles. The van der Waals surface area contributed by atoms with Crippen LogP contribution in [0.15, 0.2) is 24.3 Å². The van der Waals surface area contributed by atoms with Gasteiger partial charge >= 0.3 is 11.8 Å². The van der Waals surface area contributed by atoms with E-state index in [9.17, 15) is 9.59 Å². The normalized spacial score (nSPS) is 12.2. The van der Waals surface area contributed by atoms with Gasteiger partial charge in [0.15, 0.2) is 0 Å². The average molecular weight is 321 g/mol. The number of quaternary nitrogens is 1. The molecule has 1 aromatic rings. The highest BCUT2D eigenvalue weighted by Crippen LogP contribution is 2.15. The van der Waals surface area contributed by atoms with Gasteiger partial charge in [0.05, 0.1) is 20.6 Å². The van der Waals surface area contributed by atoms with Gasteiger partial charge in [-0.05, 0) is 26.0 Å². The quantitative estimate of drug-likeness (QED) is 0.624. The van der Waals surface area contributed by atoms with Crippen LogP contribution in [0.1, 0.15) is 25.5 Å². The minimum Gasteiger partial charge on any atom is -0.378 e. The van der Waals surface area contributed by atoms with E-state index in [-0.39, 0.29) is 12.1 Å². The van der Waals surface area contributed by atoms with Crippen LogP contribution in [0.3, 0.4) is 0 Å². The molecule has 0 spiro atoms. The van der Waals surface area contributed by atoms with Crippen LogP contribution in [0.5, 0.6) is 0 Å². The summed E-state index contributed by atoms with van der Waals surface area (Å²) in [5.74, 6) is -1.18. The van der Waals surface area contributed by atoms with E-state index >= 15 is 0 Å². The first-order valence-corrected chi connectivity index (χ1v) is 7.88. The number of hydrogen-bond donors (Lipinski definition) is 3. The lowest BCUT2D eigenvalue weighted by Crippen LogP contribution is -3.07. The van der Waals surface area contributed by atoms with Crippen molar-refractivity contribution in [2.45, 2.75) is 25.9 Å². The molecule has 3 N–H and O–H groups in total. The number of nitrogens with zero attached hydrogens (tertiary/aromatic N) is 1. The summed E-state index contributed by atoms with van der Waals surface area (Å²) in [4.78, 5) is 26.7. The van der Waals surface area contributed by atoms with E-state index in [0.29, 0.717) is 6.54 Å². The van der Waals surface area contributed by atoms with Crippen LogP contribution in [0.25, 0.3) is 0 Å². The Morgan fingerprint density at radius 3 is 2.09 bits per heavy atom. The molecule has 0 fully saturated rings. The number of nitrogens with one attached hydrogen (secondary N) is 3. The second-order valence-corrected chi connectivity index (χ2v) is 6.45. The van der Waals surface area contributed by atoms with Gasteiger partial charge in [-0.25, -0.2) is 0 Å². The molecule has 2 amide bonds. The summed E-state index contributed by atoms with van der Waals surface area (Å²) in [5.41, 5.74) is 2.25. The predicted octanol–water partition coefficient (Wildman–Crippen LogP) is -0.421. The lowest BCUT2D eigenvalue weighted by atomic mass is 10.1. The van der Waals surface area contributed by atoms with Gasteiger partial charge < -0.3 is 20.4 Å². The Morgan fingerprint density at radius 1 is 1.09 bits per heavy atom. The van der Waals surface area contributed by atoms with E-state index in [1.165, 1.54) is 4.90 Å². The summed E-state index contributed by atoms with van der Waals surface area (Å²) in [7, 11) is 8.06. The van der Waals surface area contributed by atoms with Gasteiger partial charge in [0.25, 0.3) is 0 Å². The third kappa shape index (κ3) is 5.90. The van der Waals surface area contributed by atoms with Gasteiger partial charge in [-0.2, -0.15) is 0 Å². The fourth-order valence-corrected chi connectivity index (χ4v) is 2.26. The standard InChI is InChI=1S/C17H28N4O2/c1-12(2)19-17(23)16(22)18-11-15(21(5)6)13-7-9-14(10-8-13)20(3)4/h7-10,12,15H,11H2,1-6H3,(H,18,22)(H,19,23)/p+1/t15-/m0/s1. The van der Waals surface area contributed by atoms with Crippen molar-refractivity contribution < 1.29 is 14.5 Å². The average Bonchev–Trinajstić information content (AvgIpc) is 2.46. The molecule has 0 saturated heterocycles. The summed E-state index contributed by atoms with van der Waals surface area (Å²) in [5, 5.41) is 5.31. The van der Waals surface area contributed by atoms with Crippen LogP contribution in [0, 0.1) is 0 Å². The minimum atomic E-state index is -0.588. The van der Waals surface area contributed by atoms with E-state index in [1.54, 1.807) is 0 Å². The number of amides is 2. The third-order valence-corrected chi connectivity index (χ3v) is 3.60. The number of carbonyl (C=O) groups is 2. The maximum atomic E-state index is 11.8. The molecule has 1 rings (SSSR count). The van der Waals surface area contributed by atoms with Crippen molar-refractivity contribution >= 4 is 17.5 Å². The number of anilines is 1. The molecule has 0 radical (unpaired) electrons. The maximum Gasteiger partial charge on any atom is 0.309 e. The predicted molar refractivity (Wildman–Crippen MR) is 92.6 cm³/mol. The molecule has 0 heterocycles. The van der Waals surface area contributed by atoms with Crippen LogP contribution in [0.4, 0.5) is 5.69 Å². The van der Waals surface area contributed by atoms with E-state index in [1.807, 2.05) is 46.9 Å². The third-order valence-electron chi connectivity index (χ3n) is 3.60. The molecule has 6 nitrogen and oxygen atoms in total. The number of benzene rings is 1. The lowest BCUT2D eigenvalue weighted by Gasteiger charge is -2.23. The molecule has 0 saturated carbocycles. The van der Waals surface area contributed by atoms with Crippen molar-refractivity contribution in [3.63, 3.8) is 0 Å². The highest BCUT2D eigenvalue weighted by atomic mass is 16.2. The van der Waals surface area contributed by atoms with E-state index in [2.05, 4.69) is 34.9 Å². The van der Waals surface area contributed by atoms with Gasteiger partial charge in [-0.1, -0.05) is 12.1 Å². The molecule has 1 aromatic carbocycles. The van der Waals surface area contributed by atoms with E-state index in [0.717, 1.165) is 11.3 Å². The first kappa shape index (κ1) is 19.0. The van der Waals surface area contributed by atoms with Crippen molar-refractivity contribution in [2.24, 2.45) is 0 Å². The first-order chi connectivity index (χ1) is 10.7. The van der Waals surface area contributed by atoms with E-state index < -0.39 is 11.8 Å². The Kier molecular flexibility index (Phi) is 7.03. The molecule has 1 atom stereocenters. The molecular formula is C17H29N4O2+. The number of likely N-dealkylation sites (N-methyl/N-ethyl adjacent to an activating group) is 1. The fourth-order valence-electron chi connectivity index (χ4n) is 2.26. The topological polar surface area (TPSA) is 65.9 Å². The van der Waals surface area contributed by atoms with Crippen LogP contribution in [-0.2, 0) is 9.59 Å². The van der Waals surface area contributed by atoms with Gasteiger partial charge in [0, 0.05) is 31.4 Å². The van der Waals surface area contributed by atoms with Crippen LogP contribution in [-0.4, -0.2) is 52.6 Å². The van der Waals surface area contributed by atoms with Crippen molar-refractivity contribution in [1.29, 1.82) is 0 Å². The Hall–Kier alpha value is -2.08. The van der Waals surface area contributed by atoms with Gasteiger partial charge in [-0.15, -0.1) is 0 Å². The molecule has 0 aliphatic rings. The molecular weight excluding hydrogens is 292 g/mol. The zero-order valence-corrected chi connectivity index (χ0v) is 14.9. The summed E-state index contributed by atoms with van der Waals surface area (Å²) in [6.07, 6.45) is 0. The van der Waals surface area contributed by atoms with Gasteiger partial charge in [0.1, 0.15) is 6.04 Å². The summed E-state index contributed by atoms with van der Waals surface area (Å²) in [6, 6.07) is 8.27. The molecule has 0 aliphatic heterocycles. The fraction of sp³-hybridized carbons (Fsp3) is 0.529. The summed E-state index contributed by atoms with van der Waals surface area (Å²) in [6.45, 7) is 4.06. The molecule has 23 heavy (non-hydrogen) atoms. The highest BCUT2D eigenvalue weighted by molar-refractivity contribution is 6.35. The number of rotatable bonds is 6. The zero-order valence-electron chi connectivity index (χ0n) is 14.9. The Morgan fingerprint density at radius 2 is 1.65 bits per heavy atom. The summed E-state index contributed by atoms with van der Waals surface area (Å²) >= 11 is 0. The summed E-state index contributed by atoms with van der Waals surface area (Å²) < 4.78 is 0. The first-order valence-electron chi connectivity index (χ1n) is 7.88. The second kappa shape index (κ2) is 8.53. The molecule has 6 heteroatoms. The Bertz CT molecular complexity index is 524. The monoisotopic (exact) mass is 321 g/mol. The zero-order chi connectivity index (χ0) is 17.6. The van der Waals surface area contributed by atoms with Crippen LogP contribution in [0.2, 0.25) is 0 Å². The van der Waals surface area contributed by atoms with Crippen molar-refractivity contribution in [3.05, 3.63) is 29.8 Å². The molecule has 0 aromatic heterocycles. The van der Waals surface area contributed by atoms with Crippen molar-refractivity contribution in [2.75, 3.05) is 39.6 Å². The second-order valence-electron chi connectivity index (χ2n) is 6.45. The molecule has 0 unspecified atom stereocenters. The minimum absolute atomic E-state index is 0.0536. The largest absolute Gasteiger partial charge is 0.378 e. The van der Waals surface area contributed by atoms with E-state index in [4.69, 9.17) is 0 Å². The van der Waals surface area contributed by atoms with Crippen molar-refractivity contribution in [3.8, 4) is 0 Å². The molecule has 128 valence electrons. The molecule has 0 bridgehead atoms. The van der Waals surface area contributed by atoms with Crippen LogP contribution >= 0.6 is 0 Å². The van der Waals surface area contributed by atoms with Crippen molar-refractivity contribution in [1.82, 2.24) is 10.6 Å². The van der Waals surface area contributed by atoms with Gasteiger partial charge in [-0.3, -0.25) is 9.59 Å². The number of hydrogen-bond acceptors (Lipinski definition) is 3.